The summed E-state index contributed by atoms with van der Waals surface area (Å²) >= 11 is 0. The maximum atomic E-state index is 13.1. The molecular weight excluding hydrogens is 270 g/mol. The van der Waals surface area contributed by atoms with Crippen LogP contribution >= 0.6 is 0 Å². The lowest BCUT2D eigenvalue weighted by atomic mass is 9.78. The van der Waals surface area contributed by atoms with Crippen LogP contribution in [0.15, 0.2) is 48.5 Å². The van der Waals surface area contributed by atoms with Gasteiger partial charge in [-0.1, -0.05) is 55.3 Å². The van der Waals surface area contributed by atoms with Gasteiger partial charge < -0.3 is 5.32 Å². The van der Waals surface area contributed by atoms with Crippen LogP contribution in [-0.4, -0.2) is 5.91 Å². The first-order valence-corrected chi connectivity index (χ1v) is 8.06. The molecule has 1 N–H and O–H groups in total. The molecule has 0 bridgehead atoms. The molecule has 0 unspecified atom stereocenters. The van der Waals surface area contributed by atoms with Crippen LogP contribution in [0.2, 0.25) is 0 Å². The molecule has 2 heteroatoms. The number of rotatable bonds is 3. The second-order valence-electron chi connectivity index (χ2n) is 6.43. The fourth-order valence-corrected chi connectivity index (χ4v) is 3.50. The summed E-state index contributed by atoms with van der Waals surface area (Å²) < 4.78 is 0. The number of hydrogen-bond donors (Lipinski definition) is 1. The quantitative estimate of drug-likeness (QED) is 0.869. The number of hydrogen-bond acceptors (Lipinski definition) is 1. The molecule has 1 fully saturated rings. The van der Waals surface area contributed by atoms with E-state index in [9.17, 15) is 4.79 Å². The smallest absolute Gasteiger partial charge is 0.235 e. The standard InChI is InChI=1S/C20H23NO/c1-15-10-11-16(2)18(14-15)21-19(22)20(12-6-7-13-20)17-8-4-3-5-9-17/h3-5,8-11,14H,6-7,12-13H2,1-2H3,(H,21,22). The Morgan fingerprint density at radius 3 is 2.36 bits per heavy atom. The highest BCUT2D eigenvalue weighted by molar-refractivity contribution is 6.00. The highest BCUT2D eigenvalue weighted by Gasteiger charge is 2.42. The monoisotopic (exact) mass is 293 g/mol. The van der Waals surface area contributed by atoms with Crippen LogP contribution < -0.4 is 5.32 Å². The minimum absolute atomic E-state index is 0.143. The normalized spacial score (nSPS) is 16.5. The molecule has 2 aromatic carbocycles. The Bertz CT molecular complexity index is 669. The maximum absolute atomic E-state index is 13.1. The van der Waals surface area contributed by atoms with Gasteiger partial charge in [0.25, 0.3) is 0 Å². The van der Waals surface area contributed by atoms with Gasteiger partial charge >= 0.3 is 0 Å². The van der Waals surface area contributed by atoms with Crippen LogP contribution in [0.5, 0.6) is 0 Å². The minimum atomic E-state index is -0.364. The Labute approximate surface area is 132 Å². The number of carbonyl (C=O) groups excluding carboxylic acids is 1. The van der Waals surface area contributed by atoms with Gasteiger partial charge in [-0.15, -0.1) is 0 Å². The third-order valence-corrected chi connectivity index (χ3v) is 4.86. The number of anilines is 1. The molecule has 0 radical (unpaired) electrons. The van der Waals surface area contributed by atoms with Crippen LogP contribution in [0, 0.1) is 13.8 Å². The lowest BCUT2D eigenvalue weighted by molar-refractivity contribution is -0.121. The second kappa shape index (κ2) is 5.96. The van der Waals surface area contributed by atoms with Gasteiger partial charge in [0.15, 0.2) is 0 Å². The molecule has 1 aliphatic carbocycles. The average molecular weight is 293 g/mol. The topological polar surface area (TPSA) is 29.1 Å². The van der Waals surface area contributed by atoms with Crippen LogP contribution in [0.3, 0.4) is 0 Å². The van der Waals surface area contributed by atoms with Gasteiger partial charge in [-0.3, -0.25) is 4.79 Å². The van der Waals surface area contributed by atoms with Gasteiger partial charge in [0, 0.05) is 5.69 Å². The first-order chi connectivity index (χ1) is 10.6. The van der Waals surface area contributed by atoms with Crippen molar-refractivity contribution in [1.29, 1.82) is 0 Å². The third kappa shape index (κ3) is 2.66. The first-order valence-electron chi connectivity index (χ1n) is 8.06. The van der Waals surface area contributed by atoms with Gasteiger partial charge in [-0.05, 0) is 49.4 Å². The lowest BCUT2D eigenvalue weighted by Crippen LogP contribution is -2.38. The van der Waals surface area contributed by atoms with Crippen molar-refractivity contribution in [2.75, 3.05) is 5.32 Å². The largest absolute Gasteiger partial charge is 0.325 e. The number of benzene rings is 2. The molecule has 0 aromatic heterocycles. The van der Waals surface area contributed by atoms with Crippen molar-refractivity contribution < 1.29 is 4.79 Å². The van der Waals surface area contributed by atoms with E-state index < -0.39 is 0 Å². The lowest BCUT2D eigenvalue weighted by Gasteiger charge is -2.28. The SMILES string of the molecule is Cc1ccc(C)c(NC(=O)C2(c3ccccc3)CCCC2)c1. The molecule has 2 nitrogen and oxygen atoms in total. The Morgan fingerprint density at radius 2 is 1.68 bits per heavy atom. The zero-order valence-corrected chi connectivity index (χ0v) is 13.4. The molecule has 0 aliphatic heterocycles. The predicted molar refractivity (Wildman–Crippen MR) is 91.1 cm³/mol. The Balaban J connectivity index is 1.93. The first kappa shape index (κ1) is 14.8. The average Bonchev–Trinajstić information content (AvgIpc) is 3.03. The van der Waals surface area contributed by atoms with Crippen molar-refractivity contribution in [3.63, 3.8) is 0 Å². The van der Waals surface area contributed by atoms with Crippen LogP contribution in [0.25, 0.3) is 0 Å². The van der Waals surface area contributed by atoms with E-state index >= 15 is 0 Å². The number of aryl methyl sites for hydroxylation is 2. The maximum Gasteiger partial charge on any atom is 0.235 e. The summed E-state index contributed by atoms with van der Waals surface area (Å²) in [4.78, 5) is 13.1. The summed E-state index contributed by atoms with van der Waals surface area (Å²) in [7, 11) is 0. The predicted octanol–water partition coefficient (Wildman–Crippen LogP) is 4.75. The van der Waals surface area contributed by atoms with Crippen molar-refractivity contribution in [2.45, 2.75) is 44.9 Å². The zero-order valence-electron chi connectivity index (χ0n) is 13.4. The van der Waals surface area contributed by atoms with Crippen molar-refractivity contribution in [2.24, 2.45) is 0 Å². The van der Waals surface area contributed by atoms with Crippen molar-refractivity contribution in [1.82, 2.24) is 0 Å². The van der Waals surface area contributed by atoms with Crippen molar-refractivity contribution in [3.8, 4) is 0 Å². The van der Waals surface area contributed by atoms with E-state index in [1.54, 1.807) is 0 Å². The summed E-state index contributed by atoms with van der Waals surface area (Å²) in [5.74, 6) is 0.143. The van der Waals surface area contributed by atoms with E-state index in [-0.39, 0.29) is 11.3 Å². The molecule has 1 aliphatic rings. The molecule has 0 heterocycles. The summed E-state index contributed by atoms with van der Waals surface area (Å²) in [5.41, 5.74) is 4.00. The third-order valence-electron chi connectivity index (χ3n) is 4.86. The molecular formula is C20H23NO. The highest BCUT2D eigenvalue weighted by Crippen LogP contribution is 2.42. The minimum Gasteiger partial charge on any atom is -0.325 e. The molecule has 0 saturated heterocycles. The summed E-state index contributed by atoms with van der Waals surface area (Å²) in [6.45, 7) is 4.09. The van der Waals surface area contributed by atoms with Crippen LogP contribution in [0.1, 0.15) is 42.4 Å². The molecule has 1 amide bonds. The second-order valence-corrected chi connectivity index (χ2v) is 6.43. The van der Waals surface area contributed by atoms with E-state index in [0.29, 0.717) is 0 Å². The molecule has 2 aromatic rings. The Hall–Kier alpha value is -2.09. The van der Waals surface area contributed by atoms with Gasteiger partial charge in [-0.25, -0.2) is 0 Å². The Morgan fingerprint density at radius 1 is 1.00 bits per heavy atom. The molecule has 22 heavy (non-hydrogen) atoms. The fraction of sp³-hybridized carbons (Fsp3) is 0.350. The fourth-order valence-electron chi connectivity index (χ4n) is 3.50. The van der Waals surface area contributed by atoms with E-state index in [0.717, 1.165) is 42.5 Å². The van der Waals surface area contributed by atoms with E-state index in [1.807, 2.05) is 25.1 Å². The van der Waals surface area contributed by atoms with Gasteiger partial charge in [0.05, 0.1) is 5.41 Å². The molecule has 0 spiro atoms. The Kier molecular flexibility index (Phi) is 4.02. The van der Waals surface area contributed by atoms with E-state index in [4.69, 9.17) is 0 Å². The molecule has 0 atom stereocenters. The van der Waals surface area contributed by atoms with Crippen LogP contribution in [-0.2, 0) is 10.2 Å². The van der Waals surface area contributed by atoms with Crippen LogP contribution in [0.4, 0.5) is 5.69 Å². The van der Waals surface area contributed by atoms with E-state index in [1.165, 1.54) is 5.56 Å². The van der Waals surface area contributed by atoms with Gasteiger partial charge in [-0.2, -0.15) is 0 Å². The van der Waals surface area contributed by atoms with E-state index in [2.05, 4.69) is 42.6 Å². The molecule has 3 rings (SSSR count). The number of nitrogens with one attached hydrogen (secondary N) is 1. The van der Waals surface area contributed by atoms with Gasteiger partial charge in [0.1, 0.15) is 0 Å². The van der Waals surface area contributed by atoms with Crippen molar-refractivity contribution >= 4 is 11.6 Å². The number of amides is 1. The molecule has 114 valence electrons. The van der Waals surface area contributed by atoms with Gasteiger partial charge in [0.2, 0.25) is 5.91 Å². The summed E-state index contributed by atoms with van der Waals surface area (Å²) in [6.07, 6.45) is 4.12. The van der Waals surface area contributed by atoms with Crippen molar-refractivity contribution in [3.05, 3.63) is 65.2 Å². The zero-order chi connectivity index (χ0) is 15.6. The number of carbonyl (C=O) groups is 1. The molecule has 1 saturated carbocycles. The summed E-state index contributed by atoms with van der Waals surface area (Å²) in [6, 6.07) is 16.4. The highest BCUT2D eigenvalue weighted by atomic mass is 16.2. The summed E-state index contributed by atoms with van der Waals surface area (Å²) in [5, 5.41) is 3.19.